The molecule has 2 fully saturated rings. The minimum atomic E-state index is -3.05. The molecule has 3 nitrogen and oxygen atoms in total. The van der Waals surface area contributed by atoms with Crippen LogP contribution in [0.2, 0.25) is 0 Å². The van der Waals surface area contributed by atoms with Crippen molar-refractivity contribution in [2.75, 3.05) is 11.5 Å². The van der Waals surface area contributed by atoms with Gasteiger partial charge in [-0.05, 0) is 19.8 Å². The molecule has 1 heterocycles. The summed E-state index contributed by atoms with van der Waals surface area (Å²) in [6.45, 7) is 1.50. The van der Waals surface area contributed by atoms with Crippen LogP contribution in [0.15, 0.2) is 0 Å². The fourth-order valence-corrected chi connectivity index (χ4v) is 4.91. The van der Waals surface area contributed by atoms with Crippen LogP contribution >= 0.6 is 0 Å². The minimum Gasteiger partial charge on any atom is -0.392 e. The number of aliphatic hydroxyl groups is 1. The highest BCUT2D eigenvalue weighted by Crippen LogP contribution is 2.43. The lowest BCUT2D eigenvalue weighted by atomic mass is 9.73. The third-order valence-corrected chi connectivity index (χ3v) is 5.15. The van der Waals surface area contributed by atoms with Gasteiger partial charge < -0.3 is 5.11 Å². The van der Waals surface area contributed by atoms with E-state index in [1.165, 1.54) is 6.92 Å². The van der Waals surface area contributed by atoms with E-state index in [0.29, 0.717) is 0 Å². The van der Waals surface area contributed by atoms with Crippen LogP contribution < -0.4 is 0 Å². The lowest BCUT2D eigenvalue weighted by Gasteiger charge is -2.44. The summed E-state index contributed by atoms with van der Waals surface area (Å²) in [4.78, 5) is 0. The Kier molecular flexibility index (Phi) is 2.16. The summed E-state index contributed by atoms with van der Waals surface area (Å²) >= 11 is 0. The van der Waals surface area contributed by atoms with Gasteiger partial charge in [0.2, 0.25) is 0 Å². The summed E-state index contributed by atoms with van der Waals surface area (Å²) in [5, 5.41) is 9.72. The van der Waals surface area contributed by atoms with Crippen LogP contribution in [0.25, 0.3) is 0 Å². The zero-order chi connectivity index (χ0) is 10.6. The van der Waals surface area contributed by atoms with Gasteiger partial charge in [0.25, 0.3) is 0 Å². The van der Waals surface area contributed by atoms with Crippen LogP contribution in [0.1, 0.15) is 19.8 Å². The van der Waals surface area contributed by atoms with Crippen LogP contribution in [0.5, 0.6) is 0 Å². The predicted octanol–water partition coefficient (Wildman–Crippen LogP) is 0.530. The molecule has 2 aliphatic rings. The van der Waals surface area contributed by atoms with Crippen molar-refractivity contribution in [3.05, 3.63) is 0 Å². The van der Waals surface area contributed by atoms with Gasteiger partial charge in [0.15, 0.2) is 9.84 Å². The summed E-state index contributed by atoms with van der Waals surface area (Å²) in [6, 6.07) is 0. The van der Waals surface area contributed by atoms with E-state index < -0.39 is 33.4 Å². The van der Waals surface area contributed by atoms with E-state index in [0.717, 1.165) is 0 Å². The predicted molar refractivity (Wildman–Crippen MR) is 50.4 cm³/mol. The molecule has 2 rings (SSSR count). The van der Waals surface area contributed by atoms with Gasteiger partial charge in [0, 0.05) is 11.8 Å². The van der Waals surface area contributed by atoms with Gasteiger partial charge in [-0.2, -0.15) is 0 Å². The summed E-state index contributed by atoms with van der Waals surface area (Å²) in [7, 11) is -3.05. The highest BCUT2D eigenvalue weighted by atomic mass is 32.2. The average Bonchev–Trinajstić information content (AvgIpc) is 1.93. The Labute approximate surface area is 83.2 Å². The van der Waals surface area contributed by atoms with Gasteiger partial charge in [-0.15, -0.1) is 0 Å². The topological polar surface area (TPSA) is 54.4 Å². The lowest BCUT2D eigenvalue weighted by Crippen LogP contribution is -2.52. The second-order valence-electron chi connectivity index (χ2n) is 4.91. The number of rotatable bonds is 0. The van der Waals surface area contributed by atoms with Crippen LogP contribution in [0.3, 0.4) is 0 Å². The van der Waals surface area contributed by atoms with E-state index in [1.807, 2.05) is 0 Å². The van der Waals surface area contributed by atoms with Crippen LogP contribution in [-0.2, 0) is 9.84 Å². The molecule has 1 saturated heterocycles. The van der Waals surface area contributed by atoms with Crippen molar-refractivity contribution >= 4 is 9.84 Å². The Morgan fingerprint density at radius 1 is 1.29 bits per heavy atom. The highest BCUT2D eigenvalue weighted by molar-refractivity contribution is 7.91. The zero-order valence-corrected chi connectivity index (χ0v) is 8.93. The first-order chi connectivity index (χ1) is 6.29. The summed E-state index contributed by atoms with van der Waals surface area (Å²) < 4.78 is 36.5. The van der Waals surface area contributed by atoms with Gasteiger partial charge in [-0.25, -0.2) is 12.8 Å². The number of fused-ring (bicyclic) bond motifs is 2. The van der Waals surface area contributed by atoms with E-state index in [4.69, 9.17) is 0 Å². The molecule has 1 saturated carbocycles. The maximum atomic E-state index is 13.7. The fraction of sp³-hybridized carbons (Fsp3) is 1.00. The molecule has 5 heteroatoms. The number of aliphatic hydroxyl groups excluding tert-OH is 1. The molecule has 0 radical (unpaired) electrons. The first kappa shape index (κ1) is 10.4. The number of halogens is 1. The maximum absolute atomic E-state index is 13.7. The molecule has 0 spiro atoms. The molecule has 1 N–H and O–H groups in total. The normalized spacial score (nSPS) is 51.5. The molecule has 2 unspecified atom stereocenters. The van der Waals surface area contributed by atoms with Crippen molar-refractivity contribution in [2.24, 2.45) is 11.8 Å². The van der Waals surface area contributed by atoms with E-state index in [1.54, 1.807) is 0 Å². The molecule has 82 valence electrons. The van der Waals surface area contributed by atoms with Crippen LogP contribution in [0.4, 0.5) is 4.39 Å². The second kappa shape index (κ2) is 2.92. The Balaban J connectivity index is 2.27. The Bertz CT molecular complexity index is 312. The average molecular weight is 222 g/mol. The monoisotopic (exact) mass is 222 g/mol. The molecule has 0 aromatic heterocycles. The fourth-order valence-electron chi connectivity index (χ4n) is 2.84. The number of hydrogen-bond donors (Lipinski definition) is 1. The zero-order valence-electron chi connectivity index (χ0n) is 8.11. The quantitative estimate of drug-likeness (QED) is 0.650. The number of sulfone groups is 1. The lowest BCUT2D eigenvalue weighted by molar-refractivity contribution is -0.0377. The number of hydrogen-bond acceptors (Lipinski definition) is 3. The third-order valence-electron chi connectivity index (χ3n) is 3.28. The SMILES string of the molecule is CC1(F)CC2CS(=O)(=O)CC(C1)C2O. The van der Waals surface area contributed by atoms with Gasteiger partial charge in [-0.1, -0.05) is 0 Å². The van der Waals surface area contributed by atoms with Crippen molar-refractivity contribution in [2.45, 2.75) is 31.5 Å². The molecular weight excluding hydrogens is 207 g/mol. The maximum Gasteiger partial charge on any atom is 0.151 e. The molecule has 14 heavy (non-hydrogen) atoms. The molecular formula is C9H15FO3S. The van der Waals surface area contributed by atoms with Crippen LogP contribution in [0, 0.1) is 11.8 Å². The smallest absolute Gasteiger partial charge is 0.151 e. The third kappa shape index (κ3) is 1.80. The van der Waals surface area contributed by atoms with Gasteiger partial charge in [0.05, 0.1) is 17.6 Å². The van der Waals surface area contributed by atoms with E-state index in [2.05, 4.69) is 0 Å². The first-order valence-electron chi connectivity index (χ1n) is 4.86. The Morgan fingerprint density at radius 2 is 1.71 bits per heavy atom. The van der Waals surface area contributed by atoms with Crippen molar-refractivity contribution in [3.8, 4) is 0 Å². The van der Waals surface area contributed by atoms with E-state index >= 15 is 0 Å². The largest absolute Gasteiger partial charge is 0.392 e. The molecule has 0 aromatic carbocycles. The van der Waals surface area contributed by atoms with Crippen molar-refractivity contribution in [3.63, 3.8) is 0 Å². The van der Waals surface area contributed by atoms with Gasteiger partial charge in [-0.3, -0.25) is 0 Å². The standard InChI is InChI=1S/C9H15FO3S/c1-9(10)2-6-4-14(12,13)5-7(3-9)8(6)11/h6-8,11H,2-5H2,1H3. The van der Waals surface area contributed by atoms with E-state index in [9.17, 15) is 17.9 Å². The summed E-state index contributed by atoms with van der Waals surface area (Å²) in [5.41, 5.74) is -1.30. The van der Waals surface area contributed by atoms with Gasteiger partial charge >= 0.3 is 0 Å². The first-order valence-corrected chi connectivity index (χ1v) is 6.69. The number of alkyl halides is 1. The summed E-state index contributed by atoms with van der Waals surface area (Å²) in [5.74, 6) is -0.904. The van der Waals surface area contributed by atoms with Crippen molar-refractivity contribution in [1.82, 2.24) is 0 Å². The molecule has 1 aliphatic heterocycles. The van der Waals surface area contributed by atoms with Gasteiger partial charge in [0.1, 0.15) is 5.67 Å². The molecule has 0 aromatic rings. The second-order valence-corrected chi connectivity index (χ2v) is 7.06. The summed E-state index contributed by atoms with van der Waals surface area (Å²) in [6.07, 6.45) is -0.282. The minimum absolute atomic E-state index is 0.0514. The molecule has 2 bridgehead atoms. The molecule has 1 aliphatic carbocycles. The van der Waals surface area contributed by atoms with E-state index in [-0.39, 0.29) is 24.3 Å². The Morgan fingerprint density at radius 3 is 2.14 bits per heavy atom. The highest BCUT2D eigenvalue weighted by Gasteiger charge is 2.49. The van der Waals surface area contributed by atoms with Crippen molar-refractivity contribution < 1.29 is 17.9 Å². The Hall–Kier alpha value is -0.160. The molecule has 2 atom stereocenters. The van der Waals surface area contributed by atoms with Crippen molar-refractivity contribution in [1.29, 1.82) is 0 Å². The van der Waals surface area contributed by atoms with Crippen LogP contribution in [-0.4, -0.2) is 36.8 Å². The molecule has 0 amide bonds.